The topological polar surface area (TPSA) is 968 Å². The van der Waals surface area contributed by atoms with Crippen molar-refractivity contribution < 1.29 is 140 Å². The van der Waals surface area contributed by atoms with Gasteiger partial charge in [0.2, 0.25) is 142 Å². The summed E-state index contributed by atoms with van der Waals surface area (Å²) in [7, 11) is 0. The van der Waals surface area contributed by atoms with Gasteiger partial charge in [0.25, 0.3) is 0 Å². The molecule has 1 rings (SSSR count). The summed E-state index contributed by atoms with van der Waals surface area (Å²) in [6, 6.07) is -27.2. The van der Waals surface area contributed by atoms with Gasteiger partial charge in [0, 0.05) is 61.8 Å². The van der Waals surface area contributed by atoms with E-state index in [0.717, 1.165) is 11.8 Å². The quantitative estimate of drug-likeness (QED) is 0.0116. The summed E-state index contributed by atoms with van der Waals surface area (Å²) in [5.41, 5.74) is 43.6. The van der Waals surface area contributed by atoms with Crippen molar-refractivity contribution in [1.29, 1.82) is 5.41 Å². The molecule has 0 aliphatic carbocycles. The average molecular weight is 2110 g/mol. The molecule has 0 saturated carbocycles. The minimum atomic E-state index is -1.97. The summed E-state index contributed by atoms with van der Waals surface area (Å²) in [5, 5.41) is 80.2. The Balaban J connectivity index is 3.31. The minimum Gasteiger partial charge on any atom is -0.481 e. The van der Waals surface area contributed by atoms with Crippen molar-refractivity contribution in [1.82, 2.24) is 106 Å². The van der Waals surface area contributed by atoms with Crippen molar-refractivity contribution in [3.63, 3.8) is 0 Å². The van der Waals surface area contributed by atoms with Crippen LogP contribution in [0.5, 0.6) is 0 Å². The van der Waals surface area contributed by atoms with Crippen LogP contribution in [0.25, 0.3) is 0 Å². The molecule has 1 aliphatic rings. The Morgan fingerprint density at radius 2 is 0.706 bits per heavy atom. The van der Waals surface area contributed by atoms with Crippen LogP contribution in [0, 0.1) is 17.2 Å². The summed E-state index contributed by atoms with van der Waals surface area (Å²) >= 11 is 16.6. The van der Waals surface area contributed by atoms with Crippen LogP contribution in [-0.2, 0) is 125 Å². The third kappa shape index (κ3) is 50.8. The van der Waals surface area contributed by atoms with E-state index in [1.54, 1.807) is 27.7 Å². The van der Waals surface area contributed by atoms with Gasteiger partial charge in [-0.2, -0.15) is 50.5 Å². The van der Waals surface area contributed by atoms with Crippen molar-refractivity contribution in [3.05, 3.63) is 0 Å². The molecule has 0 spiro atoms. The lowest BCUT2D eigenvalue weighted by Crippen LogP contribution is -2.61. The number of nitrogens with two attached hydrogens (primary N) is 8. The van der Waals surface area contributed by atoms with E-state index in [1.807, 2.05) is 0 Å². The number of unbranched alkanes of at least 4 members (excludes halogenated alkanes) is 1. The molecule has 0 bridgehead atoms. The summed E-state index contributed by atoms with van der Waals surface area (Å²) in [5.74, 6) is -31.1. The fourth-order valence-corrected chi connectivity index (χ4v) is 14.3. The maximum Gasteiger partial charge on any atom is 0.326 e. The normalized spacial score (nSPS) is 15.4. The Morgan fingerprint density at radius 3 is 1.13 bits per heavy atom. The molecule has 1 heterocycles. The molecule has 62 heteroatoms. The molecule has 1 saturated heterocycles. The predicted octanol–water partition coefficient (Wildman–Crippen LogP) is -15.4. The van der Waals surface area contributed by atoms with E-state index in [1.165, 1.54) is 0 Å². The molecule has 1 fully saturated rings. The monoisotopic (exact) mass is 2110 g/mol. The van der Waals surface area contributed by atoms with Crippen molar-refractivity contribution in [2.24, 2.45) is 57.7 Å². The smallest absolute Gasteiger partial charge is 0.326 e. The maximum atomic E-state index is 14.5. The fraction of sp³-hybridized carbons (Fsp3) is 0.667. The number of likely N-dealkylation sites (tertiary alicyclic amines) is 1. The Hall–Kier alpha value is -13.2. The number of nitrogens with one attached hydrogen (secondary N) is 20. The third-order valence-electron chi connectivity index (χ3n) is 20.9. The molecule has 143 heavy (non-hydrogen) atoms. The minimum absolute atomic E-state index is 0.00935. The molecule has 39 N–H and O–H groups in total. The number of thiol groups is 4. The predicted molar refractivity (Wildman–Crippen MR) is 517 cm³/mol. The van der Waals surface area contributed by atoms with Gasteiger partial charge in [-0.05, 0) is 109 Å². The zero-order chi connectivity index (χ0) is 109. The molecule has 804 valence electrons. The molecular weight excluding hydrogens is 1970 g/mol. The van der Waals surface area contributed by atoms with Gasteiger partial charge in [0.15, 0.2) is 5.96 Å². The van der Waals surface area contributed by atoms with Gasteiger partial charge < -0.3 is 167 Å². The average Bonchev–Trinajstić information content (AvgIpc) is 1.69. The number of rotatable bonds is 71. The molecule has 0 aromatic heterocycles. The highest BCUT2D eigenvalue weighted by Crippen LogP contribution is 2.21. The number of primary amides is 5. The highest BCUT2D eigenvalue weighted by molar-refractivity contribution is 7.80. The first kappa shape index (κ1) is 128. The van der Waals surface area contributed by atoms with E-state index in [9.17, 15) is 135 Å². The zero-order valence-electron chi connectivity index (χ0n) is 79.5. The van der Waals surface area contributed by atoms with E-state index >= 15 is 0 Å². The summed E-state index contributed by atoms with van der Waals surface area (Å²) in [6.45, 7) is 4.12. The lowest BCUT2D eigenvalue weighted by Gasteiger charge is -2.31. The molecule has 1 aliphatic heterocycles. The first-order valence-electron chi connectivity index (χ1n) is 45.2. The highest BCUT2D eigenvalue weighted by Gasteiger charge is 2.43. The Bertz CT molecular complexity index is 4490. The first-order chi connectivity index (χ1) is 67.1. The van der Waals surface area contributed by atoms with Gasteiger partial charge in [-0.25, -0.2) is 4.79 Å². The Kier molecular flexibility index (Phi) is 60.1. The number of amides is 24. The third-order valence-corrected chi connectivity index (χ3v) is 22.3. The van der Waals surface area contributed by atoms with Crippen LogP contribution in [0.4, 0.5) is 0 Å². The summed E-state index contributed by atoms with van der Waals surface area (Å²) in [4.78, 5) is 344. The van der Waals surface area contributed by atoms with Gasteiger partial charge in [0.05, 0.1) is 45.1 Å². The fourth-order valence-electron chi connectivity index (χ4n) is 13.3. The van der Waals surface area contributed by atoms with Crippen LogP contribution >= 0.6 is 50.5 Å². The van der Waals surface area contributed by atoms with Crippen molar-refractivity contribution in [3.8, 4) is 0 Å². The van der Waals surface area contributed by atoms with Gasteiger partial charge in [-0.3, -0.25) is 125 Å². The first-order valence-corrected chi connectivity index (χ1v) is 47.7. The standard InChI is InChI=1S/C81H137N29O29S4/c1-36(2)24-45(71(129)107-52(34-142)77(135)108-51(33-141)76(134)105-49(31-111)75(133)100-44(80(138)139)16-19-57(86)114)102-73(131)47(26-58(87)115)103-74(132)48(27-59(88)116)104-78(136)54-12-9-23-110(54)79(137)53(35-143)109-72(130)46(25-37(3)4)101-69(127)40(10-6-7-21-82)96-61(118)29-92-60(117)28-93-64(122)38(5)95-67(125)42(14-17-55(84)112)99-68(126)41(11-8-22-91-81(89)90)97-62(119)30-94-66(124)50(32-140)106-70(128)43(15-18-56(85)113)98-65(123)39(83)13-20-63(120)121/h36-54,111,140-143H,6-35,82-83H2,1-5H3,(H2,84,112)(H2,85,113)(H2,86,114)(H2,87,115)(H2,88,116)(H,92,117)(H,93,122)(H,94,124)(H,95,125)(H,96,118)(H,97,119)(H,98,123)(H,99,126)(H,100,133)(H,101,127)(H,102,131)(H,103,132)(H,104,136)(H,105,134)(H,106,128)(H,107,129)(H,108,135)(H,109,130)(H,120,121)(H,138,139)(H4,89,90,91)/t38-,39-,40-,41-,42-,43-,44-,45-,46-,47-,48-,49-,50-,51-,52-,53-,54-/m0/s1. The van der Waals surface area contributed by atoms with E-state index in [0.29, 0.717) is 6.42 Å². The van der Waals surface area contributed by atoms with Gasteiger partial charge >= 0.3 is 11.9 Å². The van der Waals surface area contributed by atoms with E-state index in [2.05, 4.69) is 152 Å². The molecule has 58 nitrogen and oxygen atoms in total. The Morgan fingerprint density at radius 1 is 0.357 bits per heavy atom. The Labute approximate surface area is 843 Å². The van der Waals surface area contributed by atoms with Crippen LogP contribution in [0.1, 0.15) is 157 Å². The molecule has 24 amide bonds. The van der Waals surface area contributed by atoms with E-state index in [-0.39, 0.29) is 89.8 Å². The van der Waals surface area contributed by atoms with Crippen LogP contribution in [0.15, 0.2) is 0 Å². The van der Waals surface area contributed by atoms with Crippen molar-refractivity contribution in [2.75, 3.05) is 68.9 Å². The second kappa shape index (κ2) is 67.3. The second-order valence-electron chi connectivity index (χ2n) is 33.8. The van der Waals surface area contributed by atoms with E-state index in [4.69, 9.17) is 56.4 Å². The largest absolute Gasteiger partial charge is 0.481 e. The number of hydrogen-bond acceptors (Lipinski definition) is 34. The molecule has 0 aromatic carbocycles. The molecule has 0 unspecified atom stereocenters. The molecule has 17 atom stereocenters. The number of carboxylic acids is 2. The van der Waals surface area contributed by atoms with Gasteiger partial charge in [-0.15, -0.1) is 0 Å². The lowest BCUT2D eigenvalue weighted by atomic mass is 10.0. The SMILES string of the molecule is CC(C)C[C@H](NC(=O)[C@H](CC(N)=O)NC(=O)[C@H](CC(N)=O)NC(=O)[C@@H]1CCCN1C(=O)[C@H](CS)NC(=O)[C@H](CC(C)C)NC(=O)[C@H](CCCCN)NC(=O)CNC(=O)CNC(=O)[C@H](C)NC(=O)[C@H](CCC(N)=O)NC(=O)[C@H](CCCNC(=N)N)NC(=O)CNC(=O)[C@H](CS)NC(=O)[C@H](CCC(N)=O)NC(=O)[C@@H](N)CCC(=O)O)C(=O)N[C@@H](CS)C(=O)N[C@@H](CS)C(=O)N[C@@H](CO)C(=O)N[C@@H](CCC(N)=O)C(=O)O. The number of aliphatic hydroxyl groups excluding tert-OH is 1. The van der Waals surface area contributed by atoms with Crippen molar-refractivity contribution >= 4 is 210 Å². The van der Waals surface area contributed by atoms with Crippen LogP contribution in [0.3, 0.4) is 0 Å². The number of carbonyl (C=O) groups excluding carboxylic acids is 24. The van der Waals surface area contributed by atoms with Crippen LogP contribution < -0.4 is 147 Å². The number of hydrogen-bond donors (Lipinski definition) is 35. The summed E-state index contributed by atoms with van der Waals surface area (Å²) < 4.78 is 0. The highest BCUT2D eigenvalue weighted by atomic mass is 32.1. The lowest BCUT2D eigenvalue weighted by molar-refractivity contribution is -0.143. The van der Waals surface area contributed by atoms with Crippen LogP contribution in [0.2, 0.25) is 0 Å². The van der Waals surface area contributed by atoms with E-state index < -0.39 is 369 Å². The molecule has 0 aromatic rings. The van der Waals surface area contributed by atoms with Gasteiger partial charge in [-0.1, -0.05) is 27.7 Å². The van der Waals surface area contributed by atoms with Gasteiger partial charge in [0.1, 0.15) is 96.7 Å². The summed E-state index contributed by atoms with van der Waals surface area (Å²) in [6.07, 6.45) is -5.52. The number of carboxylic acid groups (broad SMARTS) is 2. The second-order valence-corrected chi connectivity index (χ2v) is 35.2. The van der Waals surface area contributed by atoms with Crippen molar-refractivity contribution in [2.45, 2.75) is 259 Å². The number of guanidine groups is 1. The maximum absolute atomic E-state index is 14.5. The number of aliphatic hydroxyl groups is 1. The molecule has 0 radical (unpaired) electrons. The number of carbonyl (C=O) groups is 26. The number of nitrogens with zero attached hydrogens (tertiary/aromatic N) is 1. The van der Waals surface area contributed by atoms with Crippen LogP contribution in [-0.4, -0.2) is 351 Å². The molecular formula is C81H137N29O29S4. The zero-order valence-corrected chi connectivity index (χ0v) is 83.1. The number of aliphatic carboxylic acids is 2.